The minimum absolute atomic E-state index is 0.242. The Bertz CT molecular complexity index is 595. The molecule has 1 N–H and O–H groups in total. The fraction of sp³-hybridized carbons (Fsp3) is 0.400. The Balaban J connectivity index is 2.26. The van der Waals surface area contributed by atoms with E-state index in [0.717, 1.165) is 27.3 Å². The SMILES string of the molecule is CCn1nc(C)cc1CC(NC)c1ccc(I)c(Cl)c1. The average molecular weight is 404 g/mol. The largest absolute Gasteiger partial charge is 0.313 e. The molecular weight excluding hydrogens is 385 g/mol. The first-order valence-electron chi connectivity index (χ1n) is 6.70. The monoisotopic (exact) mass is 403 g/mol. The van der Waals surface area contributed by atoms with Crippen LogP contribution in [0.2, 0.25) is 5.02 Å². The molecule has 0 bridgehead atoms. The van der Waals surface area contributed by atoms with Gasteiger partial charge in [0.15, 0.2) is 0 Å². The maximum Gasteiger partial charge on any atom is 0.0596 e. The number of hydrogen-bond donors (Lipinski definition) is 1. The van der Waals surface area contributed by atoms with Gasteiger partial charge in [-0.15, -0.1) is 0 Å². The lowest BCUT2D eigenvalue weighted by Gasteiger charge is -2.18. The summed E-state index contributed by atoms with van der Waals surface area (Å²) in [5.74, 6) is 0. The third kappa shape index (κ3) is 3.54. The number of aromatic nitrogens is 2. The van der Waals surface area contributed by atoms with Gasteiger partial charge in [-0.3, -0.25) is 4.68 Å². The van der Waals surface area contributed by atoms with Crippen molar-refractivity contribution in [3.63, 3.8) is 0 Å². The van der Waals surface area contributed by atoms with Crippen LogP contribution in [0.25, 0.3) is 0 Å². The normalized spacial score (nSPS) is 12.7. The van der Waals surface area contributed by atoms with Gasteiger partial charge in [0.05, 0.1) is 10.7 Å². The summed E-state index contributed by atoms with van der Waals surface area (Å²) in [6, 6.07) is 8.64. The molecule has 0 amide bonds. The molecule has 1 atom stereocenters. The van der Waals surface area contributed by atoms with Gasteiger partial charge in [0.1, 0.15) is 0 Å². The van der Waals surface area contributed by atoms with E-state index in [4.69, 9.17) is 11.6 Å². The van der Waals surface area contributed by atoms with E-state index in [1.165, 1.54) is 11.3 Å². The summed E-state index contributed by atoms with van der Waals surface area (Å²) in [4.78, 5) is 0. The van der Waals surface area contributed by atoms with Crippen molar-refractivity contribution in [3.05, 3.63) is 49.8 Å². The van der Waals surface area contributed by atoms with Crippen LogP contribution < -0.4 is 5.32 Å². The van der Waals surface area contributed by atoms with Gasteiger partial charge in [0.25, 0.3) is 0 Å². The Morgan fingerprint density at radius 3 is 2.75 bits per heavy atom. The summed E-state index contributed by atoms with van der Waals surface area (Å²) in [6.07, 6.45) is 0.905. The van der Waals surface area contributed by atoms with Gasteiger partial charge >= 0.3 is 0 Å². The van der Waals surface area contributed by atoms with Crippen LogP contribution >= 0.6 is 34.2 Å². The third-order valence-corrected chi connectivity index (χ3v) is 4.96. The average Bonchev–Trinajstić information content (AvgIpc) is 2.79. The van der Waals surface area contributed by atoms with Crippen LogP contribution in [0.1, 0.15) is 29.9 Å². The maximum atomic E-state index is 6.23. The van der Waals surface area contributed by atoms with E-state index in [-0.39, 0.29) is 6.04 Å². The lowest BCUT2D eigenvalue weighted by molar-refractivity contribution is 0.541. The van der Waals surface area contributed by atoms with Gasteiger partial charge in [0, 0.05) is 28.3 Å². The van der Waals surface area contributed by atoms with Crippen molar-refractivity contribution in [2.24, 2.45) is 0 Å². The second kappa shape index (κ2) is 6.91. The number of rotatable bonds is 5. The minimum Gasteiger partial charge on any atom is -0.313 e. The zero-order valence-electron chi connectivity index (χ0n) is 12.0. The zero-order chi connectivity index (χ0) is 14.7. The molecule has 0 aliphatic heterocycles. The third-order valence-electron chi connectivity index (χ3n) is 3.39. The highest BCUT2D eigenvalue weighted by Crippen LogP contribution is 2.25. The van der Waals surface area contributed by atoms with E-state index in [1.807, 2.05) is 20.0 Å². The quantitative estimate of drug-likeness (QED) is 0.766. The van der Waals surface area contributed by atoms with E-state index in [2.05, 4.69) is 62.8 Å². The van der Waals surface area contributed by atoms with Crippen LogP contribution in [0, 0.1) is 10.5 Å². The second-order valence-electron chi connectivity index (χ2n) is 4.81. The summed E-state index contributed by atoms with van der Waals surface area (Å²) >= 11 is 8.48. The van der Waals surface area contributed by atoms with Crippen LogP contribution in [-0.2, 0) is 13.0 Å². The van der Waals surface area contributed by atoms with Crippen molar-refractivity contribution in [2.45, 2.75) is 32.9 Å². The molecule has 0 fully saturated rings. The summed E-state index contributed by atoms with van der Waals surface area (Å²) in [5.41, 5.74) is 3.52. The van der Waals surface area contributed by atoms with Gasteiger partial charge in [-0.1, -0.05) is 17.7 Å². The van der Waals surface area contributed by atoms with Gasteiger partial charge in [-0.25, -0.2) is 0 Å². The molecule has 2 aromatic rings. The number of aryl methyl sites for hydroxylation is 2. The van der Waals surface area contributed by atoms with Crippen LogP contribution in [0.5, 0.6) is 0 Å². The molecule has 0 aliphatic carbocycles. The second-order valence-corrected chi connectivity index (χ2v) is 6.38. The lowest BCUT2D eigenvalue weighted by atomic mass is 10.0. The molecule has 108 valence electrons. The topological polar surface area (TPSA) is 29.9 Å². The molecule has 0 saturated heterocycles. The maximum absolute atomic E-state index is 6.23. The van der Waals surface area contributed by atoms with Crippen LogP contribution in [0.4, 0.5) is 0 Å². The predicted molar refractivity (Wildman–Crippen MR) is 92.3 cm³/mol. The number of nitrogens with zero attached hydrogens (tertiary/aromatic N) is 2. The van der Waals surface area contributed by atoms with Crippen molar-refractivity contribution < 1.29 is 0 Å². The number of benzene rings is 1. The Labute approximate surface area is 138 Å². The van der Waals surface area contributed by atoms with Gasteiger partial charge in [-0.2, -0.15) is 5.10 Å². The summed E-state index contributed by atoms with van der Waals surface area (Å²) in [5, 5.41) is 8.68. The fourth-order valence-electron chi connectivity index (χ4n) is 2.36. The molecule has 20 heavy (non-hydrogen) atoms. The van der Waals surface area contributed by atoms with E-state index in [0.29, 0.717) is 0 Å². The summed E-state index contributed by atoms with van der Waals surface area (Å²) < 4.78 is 3.14. The zero-order valence-corrected chi connectivity index (χ0v) is 14.9. The van der Waals surface area contributed by atoms with Crippen molar-refractivity contribution in [2.75, 3.05) is 7.05 Å². The van der Waals surface area contributed by atoms with E-state index >= 15 is 0 Å². The highest BCUT2D eigenvalue weighted by molar-refractivity contribution is 14.1. The number of hydrogen-bond acceptors (Lipinski definition) is 2. The fourth-order valence-corrected chi connectivity index (χ4v) is 2.89. The molecule has 1 aromatic heterocycles. The molecular formula is C15H19ClIN3. The first-order valence-corrected chi connectivity index (χ1v) is 8.16. The minimum atomic E-state index is 0.242. The number of likely N-dealkylation sites (N-methyl/N-ethyl adjacent to an activating group) is 1. The smallest absolute Gasteiger partial charge is 0.0596 e. The van der Waals surface area contributed by atoms with Crippen molar-refractivity contribution >= 4 is 34.2 Å². The molecule has 0 radical (unpaired) electrons. The Kier molecular flexibility index (Phi) is 5.46. The Morgan fingerprint density at radius 2 is 2.15 bits per heavy atom. The van der Waals surface area contributed by atoms with Crippen LogP contribution in [0.15, 0.2) is 24.3 Å². The number of halogens is 2. The summed E-state index contributed by atoms with van der Waals surface area (Å²) in [6.45, 7) is 5.05. The molecule has 0 aliphatic rings. The van der Waals surface area contributed by atoms with Gasteiger partial charge < -0.3 is 5.32 Å². The first kappa shape index (κ1) is 15.8. The summed E-state index contributed by atoms with van der Waals surface area (Å²) in [7, 11) is 1.98. The molecule has 0 saturated carbocycles. The van der Waals surface area contributed by atoms with Crippen molar-refractivity contribution in [3.8, 4) is 0 Å². The van der Waals surface area contributed by atoms with Crippen molar-refractivity contribution in [1.82, 2.24) is 15.1 Å². The molecule has 0 spiro atoms. The van der Waals surface area contributed by atoms with E-state index in [1.54, 1.807) is 0 Å². The van der Waals surface area contributed by atoms with Crippen molar-refractivity contribution in [1.29, 1.82) is 0 Å². The molecule has 1 aromatic carbocycles. The molecule has 1 unspecified atom stereocenters. The molecule has 3 nitrogen and oxygen atoms in total. The van der Waals surface area contributed by atoms with Crippen LogP contribution in [0.3, 0.4) is 0 Å². The Morgan fingerprint density at radius 1 is 1.40 bits per heavy atom. The molecule has 5 heteroatoms. The number of nitrogens with one attached hydrogen (secondary N) is 1. The highest BCUT2D eigenvalue weighted by atomic mass is 127. The first-order chi connectivity index (χ1) is 9.55. The Hall–Kier alpha value is -0.590. The van der Waals surface area contributed by atoms with Gasteiger partial charge in [-0.05, 0) is 67.2 Å². The molecule has 2 rings (SSSR count). The van der Waals surface area contributed by atoms with E-state index < -0.39 is 0 Å². The highest BCUT2D eigenvalue weighted by Gasteiger charge is 2.14. The van der Waals surface area contributed by atoms with E-state index in [9.17, 15) is 0 Å². The van der Waals surface area contributed by atoms with Crippen LogP contribution in [-0.4, -0.2) is 16.8 Å². The van der Waals surface area contributed by atoms with Gasteiger partial charge in [0.2, 0.25) is 0 Å². The lowest BCUT2D eigenvalue weighted by Crippen LogP contribution is -2.20. The predicted octanol–water partition coefficient (Wildman–Crippen LogP) is 3.97. The molecule has 1 heterocycles. The standard InChI is InChI=1S/C15H19ClIN3/c1-4-20-12(7-10(2)19-20)9-15(18-3)11-5-6-14(17)13(16)8-11/h5-8,15,18H,4,9H2,1-3H3.